The van der Waals surface area contributed by atoms with Gasteiger partial charge in [-0.05, 0) is 44.2 Å². The van der Waals surface area contributed by atoms with E-state index in [0.29, 0.717) is 23.6 Å². The summed E-state index contributed by atoms with van der Waals surface area (Å²) in [6.07, 6.45) is 1.16. The predicted molar refractivity (Wildman–Crippen MR) is 97.2 cm³/mol. The first kappa shape index (κ1) is 20.4. The highest BCUT2D eigenvalue weighted by molar-refractivity contribution is 6.00. The number of carbonyl (C=O) groups is 2. The summed E-state index contributed by atoms with van der Waals surface area (Å²) < 4.78 is 45.8. The monoisotopic (exact) mass is 407 g/mol. The van der Waals surface area contributed by atoms with E-state index < -0.39 is 19.2 Å². The highest BCUT2D eigenvalue weighted by Gasteiger charge is 2.21. The summed E-state index contributed by atoms with van der Waals surface area (Å²) in [4.78, 5) is 24.4. The maximum Gasteiger partial charge on any atom is 0.387 e. The molecule has 0 aliphatic carbocycles. The van der Waals surface area contributed by atoms with Crippen molar-refractivity contribution in [2.24, 2.45) is 0 Å². The van der Waals surface area contributed by atoms with Crippen molar-refractivity contribution in [2.45, 2.75) is 20.5 Å². The quantitative estimate of drug-likeness (QED) is 0.518. The van der Waals surface area contributed by atoms with Gasteiger partial charge in [0.1, 0.15) is 25.2 Å². The highest BCUT2D eigenvalue weighted by atomic mass is 19.3. The first-order chi connectivity index (χ1) is 13.9. The molecule has 9 heteroatoms. The van der Waals surface area contributed by atoms with Gasteiger partial charge in [-0.1, -0.05) is 0 Å². The Kier molecular flexibility index (Phi) is 6.16. The minimum Gasteiger partial charge on any atom is -0.493 e. The van der Waals surface area contributed by atoms with Gasteiger partial charge < -0.3 is 23.5 Å². The number of rotatable bonds is 7. The fraction of sp³-hybridized carbons (Fsp3) is 0.300. The smallest absolute Gasteiger partial charge is 0.387 e. The number of carbonyl (C=O) groups excluding carboxylic acids is 2. The molecule has 0 fully saturated rings. The average Bonchev–Trinajstić information content (AvgIpc) is 3.01. The third-order valence-corrected chi connectivity index (χ3v) is 4.24. The average molecular weight is 407 g/mol. The number of halogens is 2. The topological polar surface area (TPSA) is 76.0 Å². The zero-order chi connectivity index (χ0) is 21.0. The Balaban J connectivity index is 1.72. The number of Topliss-reactive ketones (excluding diaryl/α,β-unsaturated/α-hetero) is 1. The predicted octanol–water partition coefficient (Wildman–Crippen LogP) is 3.31. The van der Waals surface area contributed by atoms with Crippen LogP contribution in [0.3, 0.4) is 0 Å². The van der Waals surface area contributed by atoms with Crippen LogP contribution < -0.4 is 4.74 Å². The maximum atomic E-state index is 12.5. The van der Waals surface area contributed by atoms with Crippen molar-refractivity contribution in [3.05, 3.63) is 59.3 Å². The number of aryl methyl sites for hydroxylation is 1. The largest absolute Gasteiger partial charge is 0.493 e. The molecule has 2 heterocycles. The van der Waals surface area contributed by atoms with Gasteiger partial charge in [0.2, 0.25) is 11.5 Å². The van der Waals surface area contributed by atoms with Crippen LogP contribution in [0.1, 0.15) is 21.7 Å². The van der Waals surface area contributed by atoms with Gasteiger partial charge in [0.15, 0.2) is 6.61 Å². The van der Waals surface area contributed by atoms with Crippen molar-refractivity contribution in [3.8, 4) is 11.4 Å². The molecule has 1 aromatic carbocycles. The molecule has 7 nitrogen and oxygen atoms in total. The van der Waals surface area contributed by atoms with Gasteiger partial charge in [-0.15, -0.1) is 0 Å². The number of nitrogens with zero attached hydrogens (tertiary/aromatic N) is 1. The van der Waals surface area contributed by atoms with E-state index in [2.05, 4.69) is 4.74 Å². The Hall–Kier alpha value is -3.36. The van der Waals surface area contributed by atoms with Gasteiger partial charge in [-0.2, -0.15) is 8.78 Å². The number of alkyl halides is 2. The van der Waals surface area contributed by atoms with Crippen molar-refractivity contribution in [1.82, 2.24) is 4.57 Å². The Morgan fingerprint density at radius 3 is 2.52 bits per heavy atom. The summed E-state index contributed by atoms with van der Waals surface area (Å²) in [6, 6.07) is 7.74. The van der Waals surface area contributed by atoms with Crippen molar-refractivity contribution in [2.75, 3.05) is 19.8 Å². The SMILES string of the molecule is Cc1cc(C(=O)COC(=O)C2=COCCO2)c(C)n1-c1ccc(OC(F)F)cc1. The van der Waals surface area contributed by atoms with E-state index in [1.54, 1.807) is 36.6 Å². The Bertz CT molecular complexity index is 933. The second-order valence-corrected chi connectivity index (χ2v) is 6.19. The summed E-state index contributed by atoms with van der Waals surface area (Å²) >= 11 is 0. The van der Waals surface area contributed by atoms with Gasteiger partial charge >= 0.3 is 12.6 Å². The van der Waals surface area contributed by atoms with Crippen LogP contribution in [-0.4, -0.2) is 42.8 Å². The van der Waals surface area contributed by atoms with Gasteiger partial charge in [0, 0.05) is 22.6 Å². The summed E-state index contributed by atoms with van der Waals surface area (Å²) in [7, 11) is 0. The number of ether oxygens (including phenoxy) is 4. The standard InChI is InChI=1S/C20H19F2NO6/c1-12-9-16(17(24)10-28-19(25)18-11-26-7-8-27-18)13(2)23(12)14-3-5-15(6-4-14)29-20(21)22/h3-6,9,11,20H,7-8,10H2,1-2H3. The molecule has 154 valence electrons. The van der Waals surface area contributed by atoms with Gasteiger partial charge in [-0.3, -0.25) is 4.79 Å². The van der Waals surface area contributed by atoms with Crippen LogP contribution in [-0.2, 0) is 19.0 Å². The molecule has 0 unspecified atom stereocenters. The lowest BCUT2D eigenvalue weighted by Crippen LogP contribution is -2.20. The minimum atomic E-state index is -2.90. The molecular weight excluding hydrogens is 388 g/mol. The molecule has 0 radical (unpaired) electrons. The van der Waals surface area contributed by atoms with Crippen LogP contribution in [0.25, 0.3) is 5.69 Å². The molecule has 2 aromatic rings. The van der Waals surface area contributed by atoms with Crippen molar-refractivity contribution in [1.29, 1.82) is 0 Å². The second kappa shape index (κ2) is 8.76. The van der Waals surface area contributed by atoms with Crippen LogP contribution in [0.4, 0.5) is 8.78 Å². The normalized spacial score (nSPS) is 13.3. The zero-order valence-corrected chi connectivity index (χ0v) is 15.8. The molecule has 0 bridgehead atoms. The lowest BCUT2D eigenvalue weighted by molar-refractivity contribution is -0.143. The molecule has 0 saturated heterocycles. The van der Waals surface area contributed by atoms with Crippen molar-refractivity contribution in [3.63, 3.8) is 0 Å². The molecular formula is C20H19F2NO6. The van der Waals surface area contributed by atoms with E-state index in [1.165, 1.54) is 12.1 Å². The third-order valence-electron chi connectivity index (χ3n) is 4.24. The lowest BCUT2D eigenvalue weighted by atomic mass is 10.1. The molecule has 1 aromatic heterocycles. The Morgan fingerprint density at radius 1 is 1.17 bits per heavy atom. The molecule has 1 aliphatic heterocycles. The lowest BCUT2D eigenvalue weighted by Gasteiger charge is -2.14. The van der Waals surface area contributed by atoms with Crippen LogP contribution in [0.5, 0.6) is 5.75 Å². The molecule has 1 aliphatic rings. The van der Waals surface area contributed by atoms with Crippen LogP contribution in [0.15, 0.2) is 42.4 Å². The third kappa shape index (κ3) is 4.74. The molecule has 0 amide bonds. The van der Waals surface area contributed by atoms with Crippen LogP contribution >= 0.6 is 0 Å². The van der Waals surface area contributed by atoms with Gasteiger partial charge in [-0.25, -0.2) is 4.79 Å². The van der Waals surface area contributed by atoms with E-state index in [4.69, 9.17) is 14.2 Å². The first-order valence-corrected chi connectivity index (χ1v) is 8.76. The molecule has 0 N–H and O–H groups in total. The van der Waals surface area contributed by atoms with Crippen LogP contribution in [0, 0.1) is 13.8 Å². The molecule has 0 saturated carbocycles. The first-order valence-electron chi connectivity index (χ1n) is 8.76. The van der Waals surface area contributed by atoms with E-state index >= 15 is 0 Å². The van der Waals surface area contributed by atoms with E-state index in [1.807, 2.05) is 0 Å². The fourth-order valence-corrected chi connectivity index (χ4v) is 2.97. The van der Waals surface area contributed by atoms with Gasteiger partial charge in [0.25, 0.3) is 0 Å². The van der Waals surface area contributed by atoms with Crippen molar-refractivity contribution < 1.29 is 37.3 Å². The summed E-state index contributed by atoms with van der Waals surface area (Å²) in [5.74, 6) is -1.20. The maximum absolute atomic E-state index is 12.5. The number of hydrogen-bond donors (Lipinski definition) is 0. The Labute approximate surface area is 165 Å². The van der Waals surface area contributed by atoms with Gasteiger partial charge in [0.05, 0.1) is 0 Å². The second-order valence-electron chi connectivity index (χ2n) is 6.19. The number of esters is 1. The van der Waals surface area contributed by atoms with Crippen molar-refractivity contribution >= 4 is 11.8 Å². The number of hydrogen-bond acceptors (Lipinski definition) is 6. The number of ketones is 1. The number of aromatic nitrogens is 1. The molecule has 0 spiro atoms. The number of benzene rings is 1. The van der Waals surface area contributed by atoms with E-state index in [0.717, 1.165) is 12.0 Å². The van der Waals surface area contributed by atoms with Crippen LogP contribution in [0.2, 0.25) is 0 Å². The summed E-state index contributed by atoms with van der Waals surface area (Å²) in [6.45, 7) is 0.770. The van der Waals surface area contributed by atoms with E-state index in [-0.39, 0.29) is 23.9 Å². The zero-order valence-electron chi connectivity index (χ0n) is 15.8. The Morgan fingerprint density at radius 2 is 1.90 bits per heavy atom. The molecule has 29 heavy (non-hydrogen) atoms. The van der Waals surface area contributed by atoms with E-state index in [9.17, 15) is 18.4 Å². The molecule has 0 atom stereocenters. The fourth-order valence-electron chi connectivity index (χ4n) is 2.97. The summed E-state index contributed by atoms with van der Waals surface area (Å²) in [5.41, 5.74) is 2.45. The molecule has 3 rings (SSSR count). The minimum absolute atomic E-state index is 0.0395. The highest BCUT2D eigenvalue weighted by Crippen LogP contribution is 2.24. The summed E-state index contributed by atoms with van der Waals surface area (Å²) in [5, 5.41) is 0.